The first-order chi connectivity index (χ1) is 18.3. The molecule has 0 radical (unpaired) electrons. The summed E-state index contributed by atoms with van der Waals surface area (Å²) < 4.78 is 68.8. The predicted molar refractivity (Wildman–Crippen MR) is 133 cm³/mol. The molecule has 0 aliphatic carbocycles. The van der Waals surface area contributed by atoms with Crippen LogP contribution in [-0.4, -0.2) is 43.7 Å². The molecule has 1 fully saturated rings. The van der Waals surface area contributed by atoms with Gasteiger partial charge in [-0.05, 0) is 55.3 Å². The smallest absolute Gasteiger partial charge is 0.268 e. The van der Waals surface area contributed by atoms with Crippen molar-refractivity contribution >= 4 is 27.1 Å². The van der Waals surface area contributed by atoms with Crippen LogP contribution >= 0.6 is 0 Å². The van der Waals surface area contributed by atoms with Crippen LogP contribution in [0.2, 0.25) is 0 Å². The lowest BCUT2D eigenvalue weighted by atomic mass is 10.0. The summed E-state index contributed by atoms with van der Waals surface area (Å²) >= 11 is 0. The molecule has 38 heavy (non-hydrogen) atoms. The molecule has 196 valence electrons. The molecule has 4 aromatic rings. The second-order valence-corrected chi connectivity index (χ2v) is 10.7. The number of aromatic nitrogens is 2. The molecule has 9 nitrogen and oxygen atoms in total. The third-order valence-electron chi connectivity index (χ3n) is 6.70. The fourth-order valence-electron chi connectivity index (χ4n) is 4.92. The quantitative estimate of drug-likeness (QED) is 0.410. The van der Waals surface area contributed by atoms with Gasteiger partial charge in [-0.1, -0.05) is 0 Å². The van der Waals surface area contributed by atoms with E-state index in [-0.39, 0.29) is 34.4 Å². The van der Waals surface area contributed by atoms with Gasteiger partial charge in [0, 0.05) is 30.1 Å². The first-order valence-corrected chi connectivity index (χ1v) is 13.4. The first-order valence-electron chi connectivity index (χ1n) is 12.0. The Morgan fingerprint density at radius 1 is 1.03 bits per heavy atom. The summed E-state index contributed by atoms with van der Waals surface area (Å²) in [4.78, 5) is 14.9. The van der Waals surface area contributed by atoms with Gasteiger partial charge in [-0.3, -0.25) is 4.79 Å². The number of nitrogens with zero attached hydrogens (tertiary/aromatic N) is 3. The fraction of sp³-hybridized carbons (Fsp3) is 0.231. The minimum absolute atomic E-state index is 0.0423. The number of sulfonamides is 1. The van der Waals surface area contributed by atoms with Gasteiger partial charge in [0.1, 0.15) is 24.8 Å². The molecule has 2 aromatic heterocycles. The van der Waals surface area contributed by atoms with E-state index in [1.165, 1.54) is 35.0 Å². The van der Waals surface area contributed by atoms with Crippen LogP contribution in [0.15, 0.2) is 65.8 Å². The highest BCUT2D eigenvalue weighted by molar-refractivity contribution is 7.90. The number of rotatable bonds is 5. The van der Waals surface area contributed by atoms with Gasteiger partial charge in [0.25, 0.3) is 15.9 Å². The number of hydrogen-bond donors (Lipinski definition) is 1. The van der Waals surface area contributed by atoms with Crippen molar-refractivity contribution in [3.05, 3.63) is 83.7 Å². The number of carbonyl (C=O) groups is 1. The Kier molecular flexibility index (Phi) is 5.90. The standard InChI is InChI=1S/C26H22F2N4O5S/c27-16-3-5-21(28)19(12-16)22-2-1-8-31(22)17-7-9-32-23(13-17)20(15-29-32)26(33)30-38(34,35)18-4-6-24-25(14-18)37-11-10-36-24/h3-7,9,12-15,22H,1-2,8,10-11H2,(H,30,33)/t22-/m1/s1. The van der Waals surface area contributed by atoms with E-state index >= 15 is 0 Å². The van der Waals surface area contributed by atoms with Crippen LogP contribution in [0, 0.1) is 11.6 Å². The Balaban J connectivity index is 1.29. The summed E-state index contributed by atoms with van der Waals surface area (Å²) in [6, 6.07) is 10.6. The Bertz CT molecular complexity index is 1670. The van der Waals surface area contributed by atoms with Crippen molar-refractivity contribution in [3.63, 3.8) is 0 Å². The fourth-order valence-corrected chi connectivity index (χ4v) is 5.90. The SMILES string of the molecule is O=C(NS(=O)(=O)c1ccc2c(c1)OCCO2)c1cnn2ccc(N3CCC[C@@H]3c3cc(F)ccc3F)cc12. The predicted octanol–water partition coefficient (Wildman–Crippen LogP) is 3.84. The maximum absolute atomic E-state index is 14.5. The highest BCUT2D eigenvalue weighted by Gasteiger charge is 2.30. The highest BCUT2D eigenvalue weighted by Crippen LogP contribution is 2.38. The lowest BCUT2D eigenvalue weighted by Gasteiger charge is -2.27. The van der Waals surface area contributed by atoms with Crippen molar-refractivity contribution in [2.24, 2.45) is 0 Å². The summed E-state index contributed by atoms with van der Waals surface area (Å²) in [5.74, 6) is -1.16. The minimum atomic E-state index is -4.23. The molecule has 0 spiro atoms. The molecule has 0 saturated carbocycles. The van der Waals surface area contributed by atoms with E-state index in [0.717, 1.165) is 18.6 Å². The Hall–Kier alpha value is -4.19. The Morgan fingerprint density at radius 3 is 2.68 bits per heavy atom. The minimum Gasteiger partial charge on any atom is -0.486 e. The van der Waals surface area contributed by atoms with Crippen molar-refractivity contribution in [2.75, 3.05) is 24.7 Å². The second-order valence-electron chi connectivity index (χ2n) is 9.03. The van der Waals surface area contributed by atoms with Crippen LogP contribution < -0.4 is 19.1 Å². The molecule has 0 unspecified atom stereocenters. The number of anilines is 1. The zero-order chi connectivity index (χ0) is 26.4. The lowest BCUT2D eigenvalue weighted by molar-refractivity contribution is 0.0983. The summed E-state index contributed by atoms with van der Waals surface area (Å²) in [7, 11) is -4.23. The van der Waals surface area contributed by atoms with E-state index in [1.54, 1.807) is 18.3 Å². The van der Waals surface area contributed by atoms with Gasteiger partial charge in [0.15, 0.2) is 11.5 Å². The van der Waals surface area contributed by atoms with Crippen molar-refractivity contribution < 1.29 is 31.5 Å². The normalized spacial score (nSPS) is 17.1. The van der Waals surface area contributed by atoms with Gasteiger partial charge < -0.3 is 14.4 Å². The maximum atomic E-state index is 14.5. The number of pyridine rings is 1. The van der Waals surface area contributed by atoms with E-state index < -0.39 is 27.6 Å². The summed E-state index contributed by atoms with van der Waals surface area (Å²) in [5, 5.41) is 4.17. The zero-order valence-corrected chi connectivity index (χ0v) is 20.7. The number of nitrogens with one attached hydrogen (secondary N) is 1. The monoisotopic (exact) mass is 540 g/mol. The van der Waals surface area contributed by atoms with Gasteiger partial charge in [-0.25, -0.2) is 26.4 Å². The summed E-state index contributed by atoms with van der Waals surface area (Å²) in [5.41, 5.74) is 1.34. The van der Waals surface area contributed by atoms with E-state index in [1.807, 2.05) is 4.90 Å². The topological polar surface area (TPSA) is 102 Å². The first kappa shape index (κ1) is 24.2. The number of amides is 1. The Labute approximate surface area is 216 Å². The van der Waals surface area contributed by atoms with Gasteiger partial charge in [-0.15, -0.1) is 0 Å². The van der Waals surface area contributed by atoms with E-state index in [4.69, 9.17) is 9.47 Å². The third kappa shape index (κ3) is 4.30. The van der Waals surface area contributed by atoms with Crippen molar-refractivity contribution in [3.8, 4) is 11.5 Å². The number of benzene rings is 2. The van der Waals surface area contributed by atoms with Crippen molar-refractivity contribution in [1.82, 2.24) is 14.3 Å². The molecular formula is C26H22F2N4O5S. The van der Waals surface area contributed by atoms with Crippen LogP contribution in [-0.2, 0) is 10.0 Å². The van der Waals surface area contributed by atoms with E-state index in [0.29, 0.717) is 36.5 Å². The molecule has 2 aromatic carbocycles. The number of hydrogen-bond acceptors (Lipinski definition) is 7. The number of ether oxygens (including phenoxy) is 2. The molecule has 2 aliphatic rings. The van der Waals surface area contributed by atoms with Crippen LogP contribution in [0.25, 0.3) is 5.52 Å². The second kappa shape index (κ2) is 9.28. The largest absolute Gasteiger partial charge is 0.486 e. The number of halogens is 2. The van der Waals surface area contributed by atoms with Crippen LogP contribution in [0.1, 0.15) is 34.8 Å². The molecule has 2 aliphatic heterocycles. The van der Waals surface area contributed by atoms with Crippen LogP contribution in [0.3, 0.4) is 0 Å². The molecule has 12 heteroatoms. The average Bonchev–Trinajstić information content (AvgIpc) is 3.56. The summed E-state index contributed by atoms with van der Waals surface area (Å²) in [6.45, 7) is 1.25. The average molecular weight is 541 g/mol. The van der Waals surface area contributed by atoms with Crippen molar-refractivity contribution in [2.45, 2.75) is 23.8 Å². The lowest BCUT2D eigenvalue weighted by Crippen LogP contribution is -2.30. The van der Waals surface area contributed by atoms with Crippen LogP contribution in [0.5, 0.6) is 11.5 Å². The van der Waals surface area contributed by atoms with E-state index in [2.05, 4.69) is 9.82 Å². The maximum Gasteiger partial charge on any atom is 0.268 e. The number of carbonyl (C=O) groups excluding carboxylic acids is 1. The summed E-state index contributed by atoms with van der Waals surface area (Å²) in [6.07, 6.45) is 4.31. The van der Waals surface area contributed by atoms with Gasteiger partial charge in [0.05, 0.1) is 28.2 Å². The van der Waals surface area contributed by atoms with Gasteiger partial charge in [-0.2, -0.15) is 5.10 Å². The highest BCUT2D eigenvalue weighted by atomic mass is 32.2. The van der Waals surface area contributed by atoms with E-state index in [9.17, 15) is 22.0 Å². The zero-order valence-electron chi connectivity index (χ0n) is 19.9. The third-order valence-corrected chi connectivity index (χ3v) is 8.03. The molecule has 1 saturated heterocycles. The molecule has 1 N–H and O–H groups in total. The molecule has 1 atom stereocenters. The molecule has 4 heterocycles. The molecule has 6 rings (SSSR count). The Morgan fingerprint density at radius 2 is 1.84 bits per heavy atom. The van der Waals surface area contributed by atoms with Crippen LogP contribution in [0.4, 0.5) is 14.5 Å². The molecule has 1 amide bonds. The van der Waals surface area contributed by atoms with Gasteiger partial charge in [0.2, 0.25) is 0 Å². The molecule has 0 bridgehead atoms. The van der Waals surface area contributed by atoms with Crippen molar-refractivity contribution in [1.29, 1.82) is 0 Å². The molecular weight excluding hydrogens is 518 g/mol. The van der Waals surface area contributed by atoms with Gasteiger partial charge >= 0.3 is 0 Å². The number of fused-ring (bicyclic) bond motifs is 2.